The molecule has 190 valence electrons. The fourth-order valence-corrected chi connectivity index (χ4v) is 5.01. The van der Waals surface area contributed by atoms with Crippen molar-refractivity contribution < 1.29 is 9.13 Å². The van der Waals surface area contributed by atoms with Gasteiger partial charge in [0.1, 0.15) is 12.3 Å². The summed E-state index contributed by atoms with van der Waals surface area (Å²) in [7, 11) is 0. The Morgan fingerprint density at radius 3 is 2.84 bits per heavy atom. The van der Waals surface area contributed by atoms with Gasteiger partial charge in [-0.25, -0.2) is 19.3 Å². The number of anilines is 4. The molecule has 37 heavy (non-hydrogen) atoms. The molecule has 0 spiro atoms. The normalized spacial score (nSPS) is 15.2. The third-order valence-corrected chi connectivity index (χ3v) is 7.15. The number of nitrogens with one attached hydrogen (secondary N) is 2. The molecule has 0 saturated heterocycles. The van der Waals surface area contributed by atoms with Gasteiger partial charge in [0.25, 0.3) is 0 Å². The number of nitrogen functional groups attached to an aromatic ring is 1. The van der Waals surface area contributed by atoms with Crippen molar-refractivity contribution in [3.8, 4) is 17.0 Å². The predicted octanol–water partition coefficient (Wildman–Crippen LogP) is 4.43. The topological polar surface area (TPSA) is 114 Å². The Labute approximate surface area is 214 Å². The van der Waals surface area contributed by atoms with E-state index >= 15 is 4.39 Å². The van der Waals surface area contributed by atoms with Gasteiger partial charge in [0, 0.05) is 66.7 Å². The number of fused-ring (bicyclic) bond motifs is 3. The zero-order chi connectivity index (χ0) is 25.7. The van der Waals surface area contributed by atoms with Crippen LogP contribution in [0.3, 0.4) is 0 Å². The zero-order valence-corrected chi connectivity index (χ0v) is 21.1. The number of benzene rings is 1. The minimum atomic E-state index is -0.521. The molecule has 0 amide bonds. The summed E-state index contributed by atoms with van der Waals surface area (Å²) >= 11 is 0. The fraction of sp³-hybridized carbons (Fsp3) is 0.333. The standard InChI is InChI=1S/C27H29FN8O/c1-14(2)36-6-4-21-16(13-36)8-17(10-31-21)34-27-33-12-20-22(35-27)9-18(23(28)24(20)29)19-11-32-26-25(15(19)3)30-5-7-37-26/h8-12,14,30H,4-7,13,29H2,1-3H3,(H,33,34,35). The van der Waals surface area contributed by atoms with Gasteiger partial charge in [0.2, 0.25) is 11.8 Å². The summed E-state index contributed by atoms with van der Waals surface area (Å²) < 4.78 is 21.1. The summed E-state index contributed by atoms with van der Waals surface area (Å²) in [5, 5.41) is 7.00. The molecule has 6 rings (SSSR count). The Hall–Kier alpha value is -4.05. The first-order chi connectivity index (χ1) is 17.9. The number of nitrogens with zero attached hydrogens (tertiary/aromatic N) is 5. The summed E-state index contributed by atoms with van der Waals surface area (Å²) in [6, 6.07) is 4.28. The highest BCUT2D eigenvalue weighted by molar-refractivity contribution is 5.96. The summed E-state index contributed by atoms with van der Waals surface area (Å²) in [5.74, 6) is 0.385. The molecule has 1 aromatic carbocycles. The van der Waals surface area contributed by atoms with E-state index in [1.165, 1.54) is 5.56 Å². The van der Waals surface area contributed by atoms with E-state index in [0.29, 0.717) is 53.1 Å². The van der Waals surface area contributed by atoms with Crippen molar-refractivity contribution in [2.24, 2.45) is 0 Å². The number of nitrogens with two attached hydrogens (primary N) is 1. The minimum Gasteiger partial charge on any atom is -0.474 e. The van der Waals surface area contributed by atoms with E-state index in [1.54, 1.807) is 24.7 Å². The number of rotatable bonds is 4. The number of hydrogen-bond donors (Lipinski definition) is 3. The SMILES string of the molecule is Cc1c(-c2cc3nc(Nc4cnc5c(c4)CN(C(C)C)CC5)ncc3c(N)c2F)cnc2c1NCCO2. The lowest BCUT2D eigenvalue weighted by molar-refractivity contribution is 0.202. The fourth-order valence-electron chi connectivity index (χ4n) is 5.01. The molecular weight excluding hydrogens is 471 g/mol. The smallest absolute Gasteiger partial charge is 0.237 e. The minimum absolute atomic E-state index is 0.00426. The summed E-state index contributed by atoms with van der Waals surface area (Å²) in [6.45, 7) is 9.40. The molecule has 0 fully saturated rings. The van der Waals surface area contributed by atoms with Crippen LogP contribution in [0.15, 0.2) is 30.7 Å². The summed E-state index contributed by atoms with van der Waals surface area (Å²) in [5.41, 5.74) is 12.4. The van der Waals surface area contributed by atoms with Crippen LogP contribution in [0.1, 0.15) is 30.7 Å². The highest BCUT2D eigenvalue weighted by Crippen LogP contribution is 2.39. The van der Waals surface area contributed by atoms with Crippen LogP contribution in [0.5, 0.6) is 5.88 Å². The van der Waals surface area contributed by atoms with Crippen LogP contribution < -0.4 is 21.1 Å². The molecule has 0 radical (unpaired) electrons. The van der Waals surface area contributed by atoms with Gasteiger partial charge in [-0.1, -0.05) is 0 Å². The first kappa shape index (κ1) is 23.4. The third kappa shape index (κ3) is 4.17. The number of hydrogen-bond acceptors (Lipinski definition) is 9. The van der Waals surface area contributed by atoms with Crippen LogP contribution in [0.2, 0.25) is 0 Å². The second-order valence-corrected chi connectivity index (χ2v) is 9.80. The number of ether oxygens (including phenoxy) is 1. The van der Waals surface area contributed by atoms with E-state index in [4.69, 9.17) is 10.5 Å². The second kappa shape index (κ2) is 9.11. The molecular formula is C27H29FN8O. The van der Waals surface area contributed by atoms with Crippen molar-refractivity contribution >= 4 is 33.9 Å². The lowest BCUT2D eigenvalue weighted by Gasteiger charge is -2.31. The van der Waals surface area contributed by atoms with Gasteiger partial charge >= 0.3 is 0 Å². The molecule has 2 aliphatic rings. The monoisotopic (exact) mass is 500 g/mol. The van der Waals surface area contributed by atoms with E-state index in [-0.39, 0.29) is 5.69 Å². The molecule has 9 nitrogen and oxygen atoms in total. The maximum Gasteiger partial charge on any atom is 0.237 e. The van der Waals surface area contributed by atoms with E-state index < -0.39 is 5.82 Å². The molecule has 0 atom stereocenters. The molecule has 0 aliphatic carbocycles. The number of aromatic nitrogens is 4. The van der Waals surface area contributed by atoms with Crippen molar-refractivity contribution in [1.29, 1.82) is 0 Å². The summed E-state index contributed by atoms with van der Waals surface area (Å²) in [4.78, 5) is 20.5. The summed E-state index contributed by atoms with van der Waals surface area (Å²) in [6.07, 6.45) is 5.91. The van der Waals surface area contributed by atoms with Gasteiger partial charge in [-0.15, -0.1) is 0 Å². The maximum absolute atomic E-state index is 15.4. The van der Waals surface area contributed by atoms with Gasteiger partial charge in [0.05, 0.1) is 23.1 Å². The van der Waals surface area contributed by atoms with Crippen LogP contribution >= 0.6 is 0 Å². The largest absolute Gasteiger partial charge is 0.474 e. The Balaban J connectivity index is 1.35. The van der Waals surface area contributed by atoms with E-state index in [2.05, 4.69) is 55.4 Å². The second-order valence-electron chi connectivity index (χ2n) is 9.80. The highest BCUT2D eigenvalue weighted by Gasteiger charge is 2.22. The molecule has 0 unspecified atom stereocenters. The molecule has 4 N–H and O–H groups in total. The molecule has 2 aliphatic heterocycles. The Morgan fingerprint density at radius 1 is 1.14 bits per heavy atom. The molecule has 10 heteroatoms. The number of pyridine rings is 2. The first-order valence-electron chi connectivity index (χ1n) is 12.5. The van der Waals surface area contributed by atoms with Crippen molar-refractivity contribution in [3.05, 3.63) is 53.4 Å². The van der Waals surface area contributed by atoms with Crippen molar-refractivity contribution in [2.75, 3.05) is 36.1 Å². The van der Waals surface area contributed by atoms with E-state index in [9.17, 15) is 0 Å². The van der Waals surface area contributed by atoms with E-state index in [0.717, 1.165) is 42.1 Å². The van der Waals surface area contributed by atoms with Crippen molar-refractivity contribution in [3.63, 3.8) is 0 Å². The molecule has 3 aromatic heterocycles. The van der Waals surface area contributed by atoms with Crippen LogP contribution in [-0.2, 0) is 13.0 Å². The molecule has 0 saturated carbocycles. The molecule has 5 heterocycles. The average molecular weight is 501 g/mol. The molecule has 4 aromatic rings. The predicted molar refractivity (Wildman–Crippen MR) is 143 cm³/mol. The lowest BCUT2D eigenvalue weighted by Crippen LogP contribution is -2.36. The first-order valence-corrected chi connectivity index (χ1v) is 12.5. The Morgan fingerprint density at radius 2 is 2.00 bits per heavy atom. The maximum atomic E-state index is 15.4. The van der Waals surface area contributed by atoms with Gasteiger partial charge in [-0.3, -0.25) is 9.88 Å². The quantitative estimate of drug-likeness (QED) is 0.350. The highest BCUT2D eigenvalue weighted by atomic mass is 19.1. The van der Waals surface area contributed by atoms with Crippen LogP contribution in [0, 0.1) is 12.7 Å². The lowest BCUT2D eigenvalue weighted by atomic mass is 9.98. The third-order valence-electron chi connectivity index (χ3n) is 7.15. The van der Waals surface area contributed by atoms with Gasteiger partial charge in [-0.05, 0) is 44.0 Å². The van der Waals surface area contributed by atoms with Gasteiger partial charge < -0.3 is 21.1 Å². The van der Waals surface area contributed by atoms with Crippen LogP contribution in [-0.4, -0.2) is 50.6 Å². The van der Waals surface area contributed by atoms with Crippen molar-refractivity contribution in [1.82, 2.24) is 24.8 Å². The zero-order valence-electron chi connectivity index (χ0n) is 21.1. The van der Waals surface area contributed by atoms with E-state index in [1.807, 2.05) is 6.92 Å². The Kier molecular flexibility index (Phi) is 5.75. The Bertz CT molecular complexity index is 1520. The van der Waals surface area contributed by atoms with Crippen molar-refractivity contribution in [2.45, 2.75) is 39.8 Å². The van der Waals surface area contributed by atoms with Crippen LogP contribution in [0.25, 0.3) is 22.0 Å². The van der Waals surface area contributed by atoms with Crippen LogP contribution in [0.4, 0.5) is 27.4 Å². The van der Waals surface area contributed by atoms with Gasteiger partial charge in [0.15, 0.2) is 5.82 Å². The molecule has 0 bridgehead atoms. The number of halogens is 1. The van der Waals surface area contributed by atoms with Gasteiger partial charge in [-0.2, -0.15) is 0 Å². The average Bonchev–Trinajstić information content (AvgIpc) is 2.91.